The highest BCUT2D eigenvalue weighted by molar-refractivity contribution is 5.82. The smallest absolute Gasteiger partial charge is 0.306 e. The number of ether oxygens (including phenoxy) is 2. The van der Waals surface area contributed by atoms with Crippen LogP contribution in [0.4, 0.5) is 11.4 Å². The summed E-state index contributed by atoms with van der Waals surface area (Å²) in [5.41, 5.74) is 3.09. The molecule has 2 aromatic rings. The average molecular weight is 397 g/mol. The lowest BCUT2D eigenvalue weighted by Gasteiger charge is -2.11. The van der Waals surface area contributed by atoms with Crippen molar-refractivity contribution in [2.24, 2.45) is 4.99 Å². The maximum absolute atomic E-state index is 11.6. The van der Waals surface area contributed by atoms with Crippen molar-refractivity contribution in [3.8, 4) is 5.75 Å². The number of hydrogen-bond acceptors (Lipinski definition) is 5. The summed E-state index contributed by atoms with van der Waals surface area (Å²) in [5, 5.41) is 0. The predicted octanol–water partition coefficient (Wildman–Crippen LogP) is 5.39. The molecule has 0 radical (unpaired) electrons. The molecule has 0 aliphatic carbocycles. The Morgan fingerprint density at radius 2 is 1.76 bits per heavy atom. The van der Waals surface area contributed by atoms with E-state index in [-0.39, 0.29) is 12.1 Å². The van der Waals surface area contributed by atoms with Crippen LogP contribution in [0.25, 0.3) is 0 Å². The highest BCUT2D eigenvalue weighted by atomic mass is 16.5. The summed E-state index contributed by atoms with van der Waals surface area (Å²) < 4.78 is 11.0. The molecule has 0 aliphatic heterocycles. The molecule has 2 rings (SSSR count). The van der Waals surface area contributed by atoms with E-state index in [1.54, 1.807) is 0 Å². The second-order valence-electron chi connectivity index (χ2n) is 7.25. The number of rotatable bonds is 11. The van der Waals surface area contributed by atoms with Gasteiger partial charge in [-0.1, -0.05) is 6.92 Å². The summed E-state index contributed by atoms with van der Waals surface area (Å²) in [7, 11) is 4.04. The van der Waals surface area contributed by atoms with Crippen LogP contribution in [0.5, 0.6) is 5.75 Å². The maximum Gasteiger partial charge on any atom is 0.306 e. The van der Waals surface area contributed by atoms with Crippen LogP contribution in [-0.4, -0.2) is 39.0 Å². The van der Waals surface area contributed by atoms with Crippen LogP contribution in [0.1, 0.15) is 45.1 Å². The van der Waals surface area contributed by atoms with Gasteiger partial charge in [0.25, 0.3) is 0 Å². The zero-order valence-corrected chi connectivity index (χ0v) is 17.9. The number of aliphatic imine (C=N–C) groups is 1. The highest BCUT2D eigenvalue weighted by Gasteiger charge is 2.07. The quantitative estimate of drug-likeness (QED) is 0.290. The molecule has 0 aromatic heterocycles. The van der Waals surface area contributed by atoms with Gasteiger partial charge in [-0.2, -0.15) is 0 Å². The topological polar surface area (TPSA) is 51.1 Å². The molecule has 2 aromatic carbocycles. The normalized spacial score (nSPS) is 12.0. The van der Waals surface area contributed by atoms with Gasteiger partial charge in [0, 0.05) is 32.4 Å². The van der Waals surface area contributed by atoms with Gasteiger partial charge in [-0.25, -0.2) is 0 Å². The zero-order chi connectivity index (χ0) is 21.1. The zero-order valence-electron chi connectivity index (χ0n) is 17.9. The van der Waals surface area contributed by atoms with Crippen LogP contribution in [-0.2, 0) is 9.53 Å². The molecule has 0 N–H and O–H groups in total. The first kappa shape index (κ1) is 22.5. The van der Waals surface area contributed by atoms with Crippen LogP contribution in [0.15, 0.2) is 53.5 Å². The molecule has 0 fully saturated rings. The summed E-state index contributed by atoms with van der Waals surface area (Å²) in [6.07, 6.45) is 4.72. The summed E-state index contributed by atoms with van der Waals surface area (Å²) in [5.74, 6) is 0.694. The Hall–Kier alpha value is -2.82. The Kier molecular flexibility index (Phi) is 9.22. The number of carbonyl (C=O) groups is 1. The molecule has 0 heterocycles. The molecule has 0 saturated heterocycles. The van der Waals surface area contributed by atoms with Gasteiger partial charge in [0.05, 0.1) is 18.4 Å². The van der Waals surface area contributed by atoms with E-state index in [2.05, 4.69) is 9.89 Å². The standard InChI is InChI=1S/C24H32N2O3/c1-5-19(2)29-24(27)8-6-7-17-28-23-15-9-20(10-16-23)18-25-21-11-13-22(14-12-21)26(3)4/h9-16,18-19H,5-8,17H2,1-4H3. The van der Waals surface area contributed by atoms with E-state index >= 15 is 0 Å². The van der Waals surface area contributed by atoms with Gasteiger partial charge in [0.15, 0.2) is 0 Å². The molecular weight excluding hydrogens is 364 g/mol. The molecule has 0 aliphatic rings. The second kappa shape index (κ2) is 11.9. The van der Waals surface area contributed by atoms with Crippen molar-refractivity contribution in [3.63, 3.8) is 0 Å². The summed E-state index contributed by atoms with van der Waals surface area (Å²) in [6.45, 7) is 4.50. The fraction of sp³-hybridized carbons (Fsp3) is 0.417. The molecule has 0 bridgehead atoms. The molecule has 156 valence electrons. The fourth-order valence-corrected chi connectivity index (χ4v) is 2.56. The third-order valence-corrected chi connectivity index (χ3v) is 4.56. The van der Waals surface area contributed by atoms with E-state index in [1.807, 2.05) is 82.7 Å². The number of unbranched alkanes of at least 4 members (excludes halogenated alkanes) is 1. The van der Waals surface area contributed by atoms with Gasteiger partial charge in [-0.3, -0.25) is 9.79 Å². The Morgan fingerprint density at radius 3 is 2.38 bits per heavy atom. The van der Waals surface area contributed by atoms with Crippen molar-refractivity contribution >= 4 is 23.6 Å². The van der Waals surface area contributed by atoms with Gasteiger partial charge < -0.3 is 14.4 Å². The van der Waals surface area contributed by atoms with Crippen molar-refractivity contribution in [1.29, 1.82) is 0 Å². The first-order valence-electron chi connectivity index (χ1n) is 10.2. The van der Waals surface area contributed by atoms with Gasteiger partial charge in [0.1, 0.15) is 5.75 Å². The van der Waals surface area contributed by atoms with Gasteiger partial charge >= 0.3 is 5.97 Å². The second-order valence-corrected chi connectivity index (χ2v) is 7.25. The molecule has 1 unspecified atom stereocenters. The highest BCUT2D eigenvalue weighted by Crippen LogP contribution is 2.18. The first-order valence-corrected chi connectivity index (χ1v) is 10.2. The summed E-state index contributed by atoms with van der Waals surface area (Å²) in [4.78, 5) is 18.2. The minimum Gasteiger partial charge on any atom is -0.494 e. The van der Waals surface area contributed by atoms with Gasteiger partial charge in [0.2, 0.25) is 0 Å². The number of carbonyl (C=O) groups excluding carboxylic acids is 1. The number of hydrogen-bond donors (Lipinski definition) is 0. The van der Waals surface area contributed by atoms with Crippen LogP contribution < -0.4 is 9.64 Å². The van der Waals surface area contributed by atoms with E-state index in [4.69, 9.17) is 9.47 Å². The van der Waals surface area contributed by atoms with Crippen LogP contribution in [0.3, 0.4) is 0 Å². The maximum atomic E-state index is 11.6. The first-order chi connectivity index (χ1) is 14.0. The average Bonchev–Trinajstić information content (AvgIpc) is 2.73. The number of esters is 1. The molecule has 0 amide bonds. The monoisotopic (exact) mass is 396 g/mol. The molecule has 1 atom stereocenters. The largest absolute Gasteiger partial charge is 0.494 e. The van der Waals surface area contributed by atoms with Gasteiger partial charge in [-0.05, 0) is 80.3 Å². The third-order valence-electron chi connectivity index (χ3n) is 4.56. The van der Waals surface area contributed by atoms with Crippen LogP contribution in [0, 0.1) is 0 Å². The van der Waals surface area contributed by atoms with Gasteiger partial charge in [-0.15, -0.1) is 0 Å². The Morgan fingerprint density at radius 1 is 1.07 bits per heavy atom. The molecule has 5 nitrogen and oxygen atoms in total. The van der Waals surface area contributed by atoms with Crippen LogP contribution in [0.2, 0.25) is 0 Å². The molecule has 5 heteroatoms. The van der Waals surface area contributed by atoms with E-state index < -0.39 is 0 Å². The minimum absolute atomic E-state index is 0.00166. The lowest BCUT2D eigenvalue weighted by Crippen LogP contribution is -2.13. The predicted molar refractivity (Wildman–Crippen MR) is 120 cm³/mol. The lowest BCUT2D eigenvalue weighted by atomic mass is 10.2. The molecule has 0 spiro atoms. The van der Waals surface area contributed by atoms with Crippen molar-refractivity contribution < 1.29 is 14.3 Å². The number of nitrogens with zero attached hydrogens (tertiary/aromatic N) is 2. The Labute approximate surface area is 174 Å². The number of anilines is 1. The SMILES string of the molecule is CCC(C)OC(=O)CCCCOc1ccc(C=Nc2ccc(N(C)C)cc2)cc1. The van der Waals surface area contributed by atoms with E-state index in [9.17, 15) is 4.79 Å². The third kappa shape index (κ3) is 8.38. The minimum atomic E-state index is -0.126. The van der Waals surface area contributed by atoms with Crippen molar-refractivity contribution in [3.05, 3.63) is 54.1 Å². The van der Waals surface area contributed by atoms with E-state index in [1.165, 1.54) is 0 Å². The molecule has 0 saturated carbocycles. The Bertz CT molecular complexity index is 768. The van der Waals surface area contributed by atoms with E-state index in [0.717, 1.165) is 42.0 Å². The molecular formula is C24H32N2O3. The summed E-state index contributed by atoms with van der Waals surface area (Å²) in [6, 6.07) is 15.9. The number of benzene rings is 2. The lowest BCUT2D eigenvalue weighted by molar-refractivity contribution is -0.148. The van der Waals surface area contributed by atoms with Crippen molar-refractivity contribution in [2.45, 2.75) is 45.6 Å². The fourth-order valence-electron chi connectivity index (χ4n) is 2.56. The van der Waals surface area contributed by atoms with Crippen molar-refractivity contribution in [1.82, 2.24) is 0 Å². The van der Waals surface area contributed by atoms with Crippen molar-refractivity contribution in [2.75, 3.05) is 25.6 Å². The van der Waals surface area contributed by atoms with E-state index in [0.29, 0.717) is 13.0 Å². The summed E-state index contributed by atoms with van der Waals surface area (Å²) >= 11 is 0. The van der Waals surface area contributed by atoms with Crippen LogP contribution >= 0.6 is 0 Å². The molecule has 29 heavy (non-hydrogen) atoms. The Balaban J connectivity index is 1.71.